The lowest BCUT2D eigenvalue weighted by molar-refractivity contribution is -0.157. The lowest BCUT2D eigenvalue weighted by Gasteiger charge is -2.36. The highest BCUT2D eigenvalue weighted by molar-refractivity contribution is 6.10. The molecule has 3 fully saturated rings. The number of carbonyl (C=O) groups is 3. The van der Waals surface area contributed by atoms with Crippen molar-refractivity contribution in [1.82, 2.24) is 10.2 Å². The number of carboxylic acids is 1. The predicted molar refractivity (Wildman–Crippen MR) is 111 cm³/mol. The SMILES string of the molecule is Cc1cc(C2NC(C(=O)O)(C(C)O)C3C(=O)N(C4CCCCC4)C(=O)C23)cc(C)c1O. The predicted octanol–water partition coefficient (Wildman–Crippen LogP) is 1.79. The molecule has 0 spiro atoms. The molecular weight excluding hydrogens is 400 g/mol. The maximum atomic E-state index is 13.6. The Hall–Kier alpha value is -2.45. The van der Waals surface area contributed by atoms with E-state index in [1.807, 2.05) is 0 Å². The fourth-order valence-corrected chi connectivity index (χ4v) is 5.88. The van der Waals surface area contributed by atoms with Crippen molar-refractivity contribution in [2.45, 2.75) is 76.6 Å². The Morgan fingerprint density at radius 3 is 2.23 bits per heavy atom. The van der Waals surface area contributed by atoms with E-state index in [1.54, 1.807) is 26.0 Å². The van der Waals surface area contributed by atoms with Gasteiger partial charge in [0.1, 0.15) is 5.75 Å². The summed E-state index contributed by atoms with van der Waals surface area (Å²) in [6.07, 6.45) is 2.96. The summed E-state index contributed by atoms with van der Waals surface area (Å²) in [5.74, 6) is -4.21. The van der Waals surface area contributed by atoms with Crippen molar-refractivity contribution in [3.63, 3.8) is 0 Å². The van der Waals surface area contributed by atoms with E-state index >= 15 is 0 Å². The molecule has 1 aromatic carbocycles. The van der Waals surface area contributed by atoms with E-state index in [0.29, 0.717) is 16.7 Å². The quantitative estimate of drug-likeness (QED) is 0.536. The third kappa shape index (κ3) is 3.07. The van der Waals surface area contributed by atoms with Gasteiger partial charge >= 0.3 is 5.97 Å². The van der Waals surface area contributed by atoms with Crippen LogP contribution in [0, 0.1) is 25.7 Å². The number of phenols is 1. The van der Waals surface area contributed by atoms with Crippen LogP contribution in [0.25, 0.3) is 0 Å². The van der Waals surface area contributed by atoms with Gasteiger partial charge < -0.3 is 15.3 Å². The van der Waals surface area contributed by atoms with Gasteiger partial charge in [-0.3, -0.25) is 24.6 Å². The number of imide groups is 1. The number of nitrogens with one attached hydrogen (secondary N) is 1. The zero-order valence-electron chi connectivity index (χ0n) is 18.1. The number of hydrogen-bond acceptors (Lipinski definition) is 6. The highest BCUT2D eigenvalue weighted by Crippen LogP contribution is 2.51. The topological polar surface area (TPSA) is 127 Å². The molecule has 8 nitrogen and oxygen atoms in total. The van der Waals surface area contributed by atoms with Crippen molar-refractivity contribution in [3.8, 4) is 5.75 Å². The minimum Gasteiger partial charge on any atom is -0.507 e. The first-order chi connectivity index (χ1) is 14.6. The van der Waals surface area contributed by atoms with Crippen LogP contribution in [0.15, 0.2) is 12.1 Å². The van der Waals surface area contributed by atoms with E-state index in [1.165, 1.54) is 11.8 Å². The number of hydrogen-bond donors (Lipinski definition) is 4. The normalized spacial score (nSPS) is 32.4. The van der Waals surface area contributed by atoms with Crippen molar-refractivity contribution < 1.29 is 29.7 Å². The lowest BCUT2D eigenvalue weighted by atomic mass is 9.76. The number of aromatic hydroxyl groups is 1. The smallest absolute Gasteiger partial charge is 0.327 e. The summed E-state index contributed by atoms with van der Waals surface area (Å²) >= 11 is 0. The number of nitrogens with zero attached hydrogens (tertiary/aromatic N) is 1. The number of aryl methyl sites for hydroxylation is 2. The average molecular weight is 431 g/mol. The zero-order valence-corrected chi connectivity index (χ0v) is 18.1. The molecule has 1 aromatic rings. The number of carbonyl (C=O) groups excluding carboxylic acids is 2. The molecule has 5 atom stereocenters. The van der Waals surface area contributed by atoms with Crippen LogP contribution >= 0.6 is 0 Å². The lowest BCUT2D eigenvalue weighted by Crippen LogP contribution is -2.62. The second kappa shape index (κ2) is 7.60. The maximum absolute atomic E-state index is 13.6. The number of rotatable bonds is 4. The van der Waals surface area contributed by atoms with Crippen LogP contribution < -0.4 is 5.32 Å². The average Bonchev–Trinajstić information content (AvgIpc) is 3.21. The molecule has 0 aromatic heterocycles. The van der Waals surface area contributed by atoms with Crippen LogP contribution in [-0.4, -0.2) is 55.7 Å². The van der Waals surface area contributed by atoms with Crippen molar-refractivity contribution >= 4 is 17.8 Å². The second-order valence-electron chi connectivity index (χ2n) is 9.32. The first kappa shape index (κ1) is 21.8. The van der Waals surface area contributed by atoms with Gasteiger partial charge in [0.2, 0.25) is 11.8 Å². The molecule has 2 amide bonds. The molecule has 4 rings (SSSR count). The summed E-state index contributed by atoms with van der Waals surface area (Å²) in [4.78, 5) is 40.9. The largest absolute Gasteiger partial charge is 0.507 e. The number of phenolic OH excluding ortho intramolecular Hbond substituents is 1. The summed E-state index contributed by atoms with van der Waals surface area (Å²) in [6.45, 7) is 4.80. The van der Waals surface area contributed by atoms with Crippen molar-refractivity contribution in [3.05, 3.63) is 28.8 Å². The molecule has 0 radical (unpaired) electrons. The third-order valence-corrected chi connectivity index (χ3v) is 7.45. The van der Waals surface area contributed by atoms with Gasteiger partial charge in [-0.05, 0) is 50.3 Å². The highest BCUT2D eigenvalue weighted by atomic mass is 16.4. The number of likely N-dealkylation sites (tertiary alicyclic amines) is 1. The van der Waals surface area contributed by atoms with E-state index in [-0.39, 0.29) is 17.7 Å². The second-order valence-corrected chi connectivity index (χ2v) is 9.32. The standard InChI is InChI=1S/C23H30N2O6/c1-11-9-14(10-12(2)19(11)27)18-16-17(23(24-18,13(3)26)22(30)31)21(29)25(20(16)28)15-7-5-4-6-8-15/h9-10,13,15-18,24,26-27H,4-8H2,1-3H3,(H,30,31). The van der Waals surface area contributed by atoms with Gasteiger partial charge in [-0.25, -0.2) is 0 Å². The molecule has 0 bridgehead atoms. The minimum absolute atomic E-state index is 0.135. The van der Waals surface area contributed by atoms with Crippen molar-refractivity contribution in [2.75, 3.05) is 0 Å². The van der Waals surface area contributed by atoms with Crippen LogP contribution in [0.3, 0.4) is 0 Å². The van der Waals surface area contributed by atoms with Crippen LogP contribution in [0.5, 0.6) is 5.75 Å². The van der Waals surface area contributed by atoms with E-state index < -0.39 is 41.4 Å². The van der Waals surface area contributed by atoms with Crippen LogP contribution in [0.2, 0.25) is 0 Å². The maximum Gasteiger partial charge on any atom is 0.327 e. The van der Waals surface area contributed by atoms with Crippen molar-refractivity contribution in [2.24, 2.45) is 11.8 Å². The zero-order chi connectivity index (χ0) is 22.7. The molecule has 5 unspecified atom stereocenters. The van der Waals surface area contributed by atoms with E-state index in [2.05, 4.69) is 5.32 Å². The molecule has 2 saturated heterocycles. The highest BCUT2D eigenvalue weighted by Gasteiger charge is 2.70. The number of aliphatic hydroxyl groups is 1. The molecule has 2 aliphatic heterocycles. The van der Waals surface area contributed by atoms with Gasteiger partial charge in [0, 0.05) is 12.1 Å². The summed E-state index contributed by atoms with van der Waals surface area (Å²) in [5.41, 5.74) is -0.151. The van der Waals surface area contributed by atoms with Crippen LogP contribution in [0.1, 0.15) is 61.8 Å². The van der Waals surface area contributed by atoms with Crippen LogP contribution in [0.4, 0.5) is 0 Å². The summed E-state index contributed by atoms with van der Waals surface area (Å²) in [5, 5.41) is 33.9. The molecule has 1 aliphatic carbocycles. The Morgan fingerprint density at radius 2 is 1.71 bits per heavy atom. The van der Waals surface area contributed by atoms with Gasteiger partial charge in [-0.2, -0.15) is 0 Å². The van der Waals surface area contributed by atoms with Gasteiger partial charge in [0.25, 0.3) is 0 Å². The Kier molecular flexibility index (Phi) is 5.34. The number of aliphatic carboxylic acids is 1. The molecule has 4 N–H and O–H groups in total. The van der Waals surface area contributed by atoms with Crippen molar-refractivity contribution in [1.29, 1.82) is 0 Å². The van der Waals surface area contributed by atoms with Gasteiger partial charge in [0.05, 0.1) is 17.9 Å². The number of carboxylic acid groups (broad SMARTS) is 1. The van der Waals surface area contributed by atoms with E-state index in [4.69, 9.17) is 0 Å². The van der Waals surface area contributed by atoms with Gasteiger partial charge in [-0.1, -0.05) is 31.4 Å². The van der Waals surface area contributed by atoms with Crippen LogP contribution in [-0.2, 0) is 14.4 Å². The summed E-state index contributed by atoms with van der Waals surface area (Å²) in [6, 6.07) is 2.43. The number of benzene rings is 1. The first-order valence-corrected chi connectivity index (χ1v) is 11.0. The van der Waals surface area contributed by atoms with Gasteiger partial charge in [0.15, 0.2) is 5.54 Å². The number of aliphatic hydroxyl groups excluding tert-OH is 1. The molecule has 1 saturated carbocycles. The fraction of sp³-hybridized carbons (Fsp3) is 0.609. The fourth-order valence-electron chi connectivity index (χ4n) is 5.88. The van der Waals surface area contributed by atoms with E-state index in [9.17, 15) is 29.7 Å². The van der Waals surface area contributed by atoms with Gasteiger partial charge in [-0.15, -0.1) is 0 Å². The molecule has 168 valence electrons. The first-order valence-electron chi connectivity index (χ1n) is 11.0. The summed E-state index contributed by atoms with van der Waals surface area (Å²) < 4.78 is 0. The molecule has 3 aliphatic rings. The number of amides is 2. The molecular formula is C23H30N2O6. The Balaban J connectivity index is 1.84. The number of fused-ring (bicyclic) bond motifs is 1. The molecule has 8 heteroatoms. The Labute approximate surface area is 181 Å². The molecule has 31 heavy (non-hydrogen) atoms. The Bertz CT molecular complexity index is 915. The summed E-state index contributed by atoms with van der Waals surface area (Å²) in [7, 11) is 0. The Morgan fingerprint density at radius 1 is 1.13 bits per heavy atom. The third-order valence-electron chi connectivity index (χ3n) is 7.45. The van der Waals surface area contributed by atoms with E-state index in [0.717, 1.165) is 32.1 Å². The monoisotopic (exact) mass is 430 g/mol. The molecule has 2 heterocycles. The minimum atomic E-state index is -1.97.